The van der Waals surface area contributed by atoms with Gasteiger partial charge in [0.15, 0.2) is 0 Å². The molecule has 7 rings (SSSR count). The van der Waals surface area contributed by atoms with E-state index in [0.29, 0.717) is 0 Å². The Morgan fingerprint density at radius 1 is 0.370 bits per heavy atom. The van der Waals surface area contributed by atoms with Crippen molar-refractivity contribution in [2.45, 2.75) is 38.9 Å². The molecule has 1 heterocycles. The normalized spacial score (nSPS) is 15.1. The maximum absolute atomic E-state index is 6.33. The van der Waals surface area contributed by atoms with Gasteiger partial charge in [0, 0.05) is 17.1 Å². The Hall–Kier alpha value is -4.90. The lowest BCUT2D eigenvalue weighted by molar-refractivity contribution is 0.00578. The molecule has 0 aromatic heterocycles. The van der Waals surface area contributed by atoms with E-state index in [0.717, 1.165) is 22.5 Å². The van der Waals surface area contributed by atoms with Crippen LogP contribution in [0.15, 0.2) is 158 Å². The first kappa shape index (κ1) is 29.8. The van der Waals surface area contributed by atoms with Crippen LogP contribution in [0.4, 0.5) is 17.1 Å². The summed E-state index contributed by atoms with van der Waals surface area (Å²) in [6.07, 6.45) is 0. The SMILES string of the molecule is CC1(C)OB(c2ccc(N(c3ccc(-c4ccccc4)cc3)c3ccc(-c4ccc(-c5ccccc5)cc4)cc3)cc2)OC1(C)C. The molecule has 0 radical (unpaired) electrons. The zero-order valence-corrected chi connectivity index (χ0v) is 26.9. The molecule has 1 aliphatic heterocycles. The summed E-state index contributed by atoms with van der Waals surface area (Å²) in [6.45, 7) is 8.35. The van der Waals surface area contributed by atoms with Crippen LogP contribution in [-0.2, 0) is 9.31 Å². The third kappa shape index (κ3) is 5.90. The molecule has 0 spiro atoms. The van der Waals surface area contributed by atoms with E-state index in [9.17, 15) is 0 Å². The highest BCUT2D eigenvalue weighted by Crippen LogP contribution is 2.39. The first-order valence-electron chi connectivity index (χ1n) is 15.9. The van der Waals surface area contributed by atoms with Crippen molar-refractivity contribution in [1.29, 1.82) is 0 Å². The molecule has 0 bridgehead atoms. The van der Waals surface area contributed by atoms with Gasteiger partial charge in [-0.2, -0.15) is 0 Å². The van der Waals surface area contributed by atoms with Crippen LogP contribution in [-0.4, -0.2) is 18.3 Å². The highest BCUT2D eigenvalue weighted by atomic mass is 16.7. The van der Waals surface area contributed by atoms with Gasteiger partial charge in [0.2, 0.25) is 0 Å². The van der Waals surface area contributed by atoms with Gasteiger partial charge in [-0.25, -0.2) is 0 Å². The molecule has 6 aromatic carbocycles. The maximum Gasteiger partial charge on any atom is 0.494 e. The molecule has 0 aliphatic carbocycles. The highest BCUT2D eigenvalue weighted by molar-refractivity contribution is 6.62. The van der Waals surface area contributed by atoms with E-state index < -0.39 is 7.12 Å². The van der Waals surface area contributed by atoms with Crippen LogP contribution in [0.5, 0.6) is 0 Å². The Morgan fingerprint density at radius 2 is 0.652 bits per heavy atom. The minimum atomic E-state index is -0.398. The fourth-order valence-corrected chi connectivity index (χ4v) is 5.93. The molecule has 6 aromatic rings. The molecule has 4 heteroatoms. The topological polar surface area (TPSA) is 21.7 Å². The van der Waals surface area contributed by atoms with Crippen molar-refractivity contribution in [2.75, 3.05) is 4.90 Å². The van der Waals surface area contributed by atoms with Crippen LogP contribution in [0.25, 0.3) is 33.4 Å². The molecule has 0 unspecified atom stereocenters. The summed E-state index contributed by atoms with van der Waals surface area (Å²) in [5, 5.41) is 0. The Bertz CT molecular complexity index is 1880. The largest absolute Gasteiger partial charge is 0.494 e. The average molecular weight is 600 g/mol. The number of hydrogen-bond donors (Lipinski definition) is 0. The van der Waals surface area contributed by atoms with E-state index in [1.54, 1.807) is 0 Å². The van der Waals surface area contributed by atoms with Crippen molar-refractivity contribution in [1.82, 2.24) is 0 Å². The fraction of sp³-hybridized carbons (Fsp3) is 0.143. The Morgan fingerprint density at radius 3 is 1.00 bits per heavy atom. The molecule has 1 saturated heterocycles. The summed E-state index contributed by atoms with van der Waals surface area (Å²) in [5.74, 6) is 0. The predicted octanol–water partition coefficient (Wildman–Crippen LogP) is 10.5. The van der Waals surface area contributed by atoms with Crippen molar-refractivity contribution in [2.24, 2.45) is 0 Å². The van der Waals surface area contributed by atoms with Crippen molar-refractivity contribution in [3.8, 4) is 33.4 Å². The summed E-state index contributed by atoms with van der Waals surface area (Å²) in [4.78, 5) is 2.30. The monoisotopic (exact) mass is 599 g/mol. The van der Waals surface area contributed by atoms with E-state index in [2.05, 4.69) is 184 Å². The lowest BCUT2D eigenvalue weighted by Crippen LogP contribution is -2.41. The second kappa shape index (κ2) is 12.1. The quantitative estimate of drug-likeness (QED) is 0.171. The average Bonchev–Trinajstić information content (AvgIpc) is 3.32. The van der Waals surface area contributed by atoms with Crippen molar-refractivity contribution >= 4 is 29.6 Å². The highest BCUT2D eigenvalue weighted by Gasteiger charge is 2.51. The lowest BCUT2D eigenvalue weighted by atomic mass is 9.79. The minimum absolute atomic E-state index is 0.382. The van der Waals surface area contributed by atoms with Crippen LogP contribution in [0.3, 0.4) is 0 Å². The second-order valence-electron chi connectivity index (χ2n) is 12.9. The second-order valence-corrected chi connectivity index (χ2v) is 12.9. The van der Waals surface area contributed by atoms with Crippen LogP contribution in [0, 0.1) is 0 Å². The Balaban J connectivity index is 1.20. The molecular weight excluding hydrogens is 561 g/mol. The van der Waals surface area contributed by atoms with Gasteiger partial charge >= 0.3 is 7.12 Å². The number of hydrogen-bond acceptors (Lipinski definition) is 3. The number of anilines is 3. The van der Waals surface area contributed by atoms with E-state index in [1.807, 2.05) is 6.07 Å². The van der Waals surface area contributed by atoms with Crippen molar-refractivity contribution < 1.29 is 9.31 Å². The summed E-state index contributed by atoms with van der Waals surface area (Å²) in [6, 6.07) is 55.9. The van der Waals surface area contributed by atoms with Gasteiger partial charge in [-0.3, -0.25) is 0 Å². The van der Waals surface area contributed by atoms with Crippen molar-refractivity contribution in [3.05, 3.63) is 158 Å². The molecule has 0 amide bonds. The van der Waals surface area contributed by atoms with E-state index >= 15 is 0 Å². The fourth-order valence-electron chi connectivity index (χ4n) is 5.93. The van der Waals surface area contributed by atoms with Crippen LogP contribution >= 0.6 is 0 Å². The predicted molar refractivity (Wildman–Crippen MR) is 193 cm³/mol. The van der Waals surface area contributed by atoms with Gasteiger partial charge in [0.25, 0.3) is 0 Å². The van der Waals surface area contributed by atoms with Crippen molar-refractivity contribution in [3.63, 3.8) is 0 Å². The number of nitrogens with zero attached hydrogens (tertiary/aromatic N) is 1. The van der Waals surface area contributed by atoms with Crippen LogP contribution in [0.2, 0.25) is 0 Å². The zero-order valence-electron chi connectivity index (χ0n) is 26.9. The van der Waals surface area contributed by atoms with Gasteiger partial charge in [-0.15, -0.1) is 0 Å². The first-order valence-corrected chi connectivity index (χ1v) is 15.9. The van der Waals surface area contributed by atoms with E-state index in [1.165, 1.54) is 33.4 Å². The Kier molecular flexibility index (Phi) is 7.86. The Labute approximate surface area is 273 Å². The van der Waals surface area contributed by atoms with Crippen LogP contribution in [0.1, 0.15) is 27.7 Å². The number of benzene rings is 6. The van der Waals surface area contributed by atoms with Gasteiger partial charge in [-0.1, -0.05) is 121 Å². The number of rotatable bonds is 7. The van der Waals surface area contributed by atoms with E-state index in [4.69, 9.17) is 9.31 Å². The summed E-state index contributed by atoms with van der Waals surface area (Å²) in [7, 11) is -0.398. The third-order valence-electron chi connectivity index (χ3n) is 9.36. The van der Waals surface area contributed by atoms with Gasteiger partial charge in [0.05, 0.1) is 11.2 Å². The standard InChI is InChI=1S/C42H38BNO2/c1-41(2)42(3,4)46-43(45-41)37-23-29-40(30-24-37)44(38-25-19-35(20-26-38)32-13-9-6-10-14-32)39-27-21-36(22-28-39)34-17-15-33(16-18-34)31-11-7-5-8-12-31/h5-30H,1-4H3. The molecule has 1 aliphatic rings. The summed E-state index contributed by atoms with van der Waals surface area (Å²) >= 11 is 0. The molecule has 0 atom stereocenters. The third-order valence-corrected chi connectivity index (χ3v) is 9.36. The van der Waals surface area contributed by atoms with Gasteiger partial charge in [-0.05, 0) is 103 Å². The molecule has 3 nitrogen and oxygen atoms in total. The molecule has 1 fully saturated rings. The smallest absolute Gasteiger partial charge is 0.399 e. The molecule has 46 heavy (non-hydrogen) atoms. The molecule has 0 N–H and O–H groups in total. The van der Waals surface area contributed by atoms with Gasteiger partial charge < -0.3 is 14.2 Å². The zero-order chi connectivity index (χ0) is 31.7. The first-order chi connectivity index (χ1) is 22.3. The molecule has 226 valence electrons. The van der Waals surface area contributed by atoms with Gasteiger partial charge in [0.1, 0.15) is 0 Å². The molecule has 0 saturated carbocycles. The summed E-state index contributed by atoms with van der Waals surface area (Å²) < 4.78 is 12.7. The molecular formula is C42H38BNO2. The summed E-state index contributed by atoms with van der Waals surface area (Å²) in [5.41, 5.74) is 10.7. The van der Waals surface area contributed by atoms with E-state index in [-0.39, 0.29) is 11.2 Å². The lowest BCUT2D eigenvalue weighted by Gasteiger charge is -2.32. The maximum atomic E-state index is 6.33. The van der Waals surface area contributed by atoms with Crippen LogP contribution < -0.4 is 10.4 Å². The minimum Gasteiger partial charge on any atom is -0.399 e.